The Hall–Kier alpha value is -2.61. The molecule has 0 aliphatic rings. The van der Waals surface area contributed by atoms with Gasteiger partial charge in [-0.2, -0.15) is 5.10 Å². The van der Waals surface area contributed by atoms with Gasteiger partial charge in [0.25, 0.3) is 0 Å². The van der Waals surface area contributed by atoms with Crippen LogP contribution in [0.1, 0.15) is 27.9 Å². The van der Waals surface area contributed by atoms with Crippen LogP contribution in [-0.2, 0) is 11.2 Å². The number of rotatable bonds is 6. The molecule has 1 aromatic heterocycles. The number of ether oxygens (including phenoxy) is 2. The molecule has 0 saturated carbocycles. The summed E-state index contributed by atoms with van der Waals surface area (Å²) < 4.78 is 9.70. The number of hydrogen-bond acceptors (Lipinski definition) is 8. The van der Waals surface area contributed by atoms with E-state index in [1.165, 1.54) is 37.8 Å². The van der Waals surface area contributed by atoms with E-state index in [2.05, 4.69) is 15.5 Å². The second-order valence-corrected chi connectivity index (χ2v) is 5.44. The van der Waals surface area contributed by atoms with Gasteiger partial charge < -0.3 is 14.6 Å². The number of anilines is 1. The number of benzene rings is 1. The standard InChI is InChI=1S/C15H17N3O4S/c1-4-10-13(14(20)22-3)23-15(17-10)18-16-8-9-5-6-12(21-2)11(19)7-9/h5-8,19H,4H2,1-3H3,(H,17,18)/b16-8-. The fourth-order valence-corrected chi connectivity index (χ4v) is 2.76. The number of hydrogen-bond donors (Lipinski definition) is 2. The molecule has 2 N–H and O–H groups in total. The van der Waals surface area contributed by atoms with Crippen LogP contribution in [0.4, 0.5) is 5.13 Å². The number of aromatic nitrogens is 1. The summed E-state index contributed by atoms with van der Waals surface area (Å²) >= 11 is 1.18. The Morgan fingerprint density at radius 1 is 1.48 bits per heavy atom. The number of esters is 1. The Balaban J connectivity index is 2.10. The van der Waals surface area contributed by atoms with Crippen LogP contribution < -0.4 is 10.2 Å². The predicted octanol–water partition coefficient (Wildman–Crippen LogP) is 2.65. The van der Waals surface area contributed by atoms with Crippen LogP contribution in [0, 0.1) is 0 Å². The molecule has 7 nitrogen and oxygen atoms in total. The Morgan fingerprint density at radius 3 is 2.87 bits per heavy atom. The molecule has 0 bridgehead atoms. The van der Waals surface area contributed by atoms with Gasteiger partial charge in [-0.1, -0.05) is 18.3 Å². The zero-order valence-electron chi connectivity index (χ0n) is 13.0. The number of nitrogens with one attached hydrogen (secondary N) is 1. The molecule has 122 valence electrons. The lowest BCUT2D eigenvalue weighted by Crippen LogP contribution is -2.01. The minimum atomic E-state index is -0.406. The quantitative estimate of drug-likeness (QED) is 0.479. The van der Waals surface area contributed by atoms with Crippen LogP contribution in [0.2, 0.25) is 0 Å². The van der Waals surface area contributed by atoms with Gasteiger partial charge in [0.05, 0.1) is 26.1 Å². The number of hydrazone groups is 1. The van der Waals surface area contributed by atoms with Crippen LogP contribution in [0.25, 0.3) is 0 Å². The zero-order valence-corrected chi connectivity index (χ0v) is 13.8. The van der Waals surface area contributed by atoms with Crippen molar-refractivity contribution in [3.8, 4) is 11.5 Å². The molecule has 0 aliphatic carbocycles. The highest BCUT2D eigenvalue weighted by atomic mass is 32.1. The summed E-state index contributed by atoms with van der Waals surface area (Å²) in [6.07, 6.45) is 2.16. The number of aromatic hydroxyl groups is 1. The maximum Gasteiger partial charge on any atom is 0.350 e. The van der Waals surface area contributed by atoms with E-state index in [1.54, 1.807) is 12.1 Å². The fraction of sp³-hybridized carbons (Fsp3) is 0.267. The highest BCUT2D eigenvalue weighted by molar-refractivity contribution is 7.17. The first-order valence-corrected chi connectivity index (χ1v) is 7.64. The molecule has 8 heteroatoms. The minimum Gasteiger partial charge on any atom is -0.504 e. The lowest BCUT2D eigenvalue weighted by Gasteiger charge is -2.02. The lowest BCUT2D eigenvalue weighted by atomic mass is 10.2. The number of phenolic OH excluding ortho intramolecular Hbond substituents is 1. The molecular formula is C15H17N3O4S. The number of aryl methyl sites for hydroxylation is 1. The van der Waals surface area contributed by atoms with Crippen LogP contribution in [0.15, 0.2) is 23.3 Å². The zero-order chi connectivity index (χ0) is 16.8. The molecule has 0 aliphatic heterocycles. The van der Waals surface area contributed by atoms with Crippen LogP contribution in [0.3, 0.4) is 0 Å². The number of thiazole rings is 1. The molecule has 0 unspecified atom stereocenters. The van der Waals surface area contributed by atoms with E-state index in [0.717, 1.165) is 0 Å². The van der Waals surface area contributed by atoms with E-state index in [9.17, 15) is 9.90 Å². The van der Waals surface area contributed by atoms with Gasteiger partial charge in [0.2, 0.25) is 5.13 Å². The molecule has 1 aromatic carbocycles. The van der Waals surface area contributed by atoms with Crippen LogP contribution in [0.5, 0.6) is 11.5 Å². The Kier molecular flexibility index (Phi) is 5.53. The topological polar surface area (TPSA) is 93.0 Å². The third-order valence-corrected chi connectivity index (χ3v) is 3.96. The van der Waals surface area contributed by atoms with Crippen LogP contribution in [-0.4, -0.2) is 36.5 Å². The molecule has 0 radical (unpaired) electrons. The van der Waals surface area contributed by atoms with Gasteiger partial charge in [-0.15, -0.1) is 0 Å². The molecule has 0 amide bonds. The summed E-state index contributed by atoms with van der Waals surface area (Å²) in [6.45, 7) is 1.91. The number of phenols is 1. The normalized spacial score (nSPS) is 10.7. The molecule has 0 fully saturated rings. The average molecular weight is 335 g/mol. The molecule has 23 heavy (non-hydrogen) atoms. The van der Waals surface area contributed by atoms with Crippen molar-refractivity contribution in [1.82, 2.24) is 4.98 Å². The van der Waals surface area contributed by atoms with Gasteiger partial charge in [-0.3, -0.25) is 5.43 Å². The predicted molar refractivity (Wildman–Crippen MR) is 88.7 cm³/mol. The molecule has 2 rings (SSSR count). The molecule has 0 saturated heterocycles. The van der Waals surface area contributed by atoms with Crippen molar-refractivity contribution in [2.24, 2.45) is 5.10 Å². The number of nitrogens with zero attached hydrogens (tertiary/aromatic N) is 2. The number of carbonyl (C=O) groups excluding carboxylic acids is 1. The summed E-state index contributed by atoms with van der Waals surface area (Å²) in [6, 6.07) is 4.93. The molecular weight excluding hydrogens is 318 g/mol. The summed E-state index contributed by atoms with van der Waals surface area (Å²) in [5, 5.41) is 14.2. The Bertz CT molecular complexity index is 728. The Labute approximate surface area is 137 Å². The van der Waals surface area contributed by atoms with Gasteiger partial charge in [0.15, 0.2) is 11.5 Å². The minimum absolute atomic E-state index is 0.0342. The molecule has 0 atom stereocenters. The maximum atomic E-state index is 11.6. The highest BCUT2D eigenvalue weighted by Gasteiger charge is 2.17. The van der Waals surface area contributed by atoms with Gasteiger partial charge >= 0.3 is 5.97 Å². The maximum absolute atomic E-state index is 11.6. The van der Waals surface area contributed by atoms with E-state index in [1.807, 2.05) is 6.92 Å². The van der Waals surface area contributed by atoms with Gasteiger partial charge in [-0.25, -0.2) is 9.78 Å². The highest BCUT2D eigenvalue weighted by Crippen LogP contribution is 2.26. The van der Waals surface area contributed by atoms with Crippen molar-refractivity contribution in [3.05, 3.63) is 34.3 Å². The number of methoxy groups -OCH3 is 2. The second kappa shape index (κ2) is 7.59. The summed E-state index contributed by atoms with van der Waals surface area (Å²) in [5.74, 6) is 0.0220. The van der Waals surface area contributed by atoms with Gasteiger partial charge in [0, 0.05) is 0 Å². The van der Waals surface area contributed by atoms with Crippen molar-refractivity contribution < 1.29 is 19.4 Å². The first-order valence-electron chi connectivity index (χ1n) is 6.83. The average Bonchev–Trinajstić information content (AvgIpc) is 2.97. The van der Waals surface area contributed by atoms with Gasteiger partial charge in [0.1, 0.15) is 4.88 Å². The van der Waals surface area contributed by atoms with E-state index in [4.69, 9.17) is 9.47 Å². The third kappa shape index (κ3) is 3.98. The van der Waals surface area contributed by atoms with E-state index < -0.39 is 5.97 Å². The van der Waals surface area contributed by atoms with Crippen molar-refractivity contribution in [3.63, 3.8) is 0 Å². The number of carbonyl (C=O) groups is 1. The van der Waals surface area contributed by atoms with E-state index in [-0.39, 0.29) is 5.75 Å². The third-order valence-electron chi connectivity index (χ3n) is 2.98. The van der Waals surface area contributed by atoms with Crippen LogP contribution >= 0.6 is 11.3 Å². The monoisotopic (exact) mass is 335 g/mol. The van der Waals surface area contributed by atoms with Gasteiger partial charge in [-0.05, 0) is 30.2 Å². The SMILES string of the molecule is CCc1nc(N/N=C\c2ccc(OC)c(O)c2)sc1C(=O)OC. The van der Waals surface area contributed by atoms with Crippen molar-refractivity contribution in [1.29, 1.82) is 0 Å². The van der Waals surface area contributed by atoms with Crippen molar-refractivity contribution in [2.45, 2.75) is 13.3 Å². The lowest BCUT2D eigenvalue weighted by molar-refractivity contribution is 0.0605. The second-order valence-electron chi connectivity index (χ2n) is 4.44. The Morgan fingerprint density at radius 2 is 2.26 bits per heavy atom. The van der Waals surface area contributed by atoms with Crippen molar-refractivity contribution in [2.75, 3.05) is 19.6 Å². The largest absolute Gasteiger partial charge is 0.504 e. The summed E-state index contributed by atoms with van der Waals surface area (Å²) in [7, 11) is 2.82. The summed E-state index contributed by atoms with van der Waals surface area (Å²) in [5.41, 5.74) is 4.13. The summed E-state index contributed by atoms with van der Waals surface area (Å²) in [4.78, 5) is 16.4. The molecule has 0 spiro atoms. The molecule has 2 aromatic rings. The first-order chi connectivity index (χ1) is 11.1. The smallest absolute Gasteiger partial charge is 0.350 e. The van der Waals surface area contributed by atoms with E-state index >= 15 is 0 Å². The fourth-order valence-electron chi connectivity index (χ4n) is 1.84. The van der Waals surface area contributed by atoms with E-state index in [0.29, 0.717) is 33.4 Å². The van der Waals surface area contributed by atoms with Crippen molar-refractivity contribution >= 4 is 28.7 Å². The first kappa shape index (κ1) is 16.8. The molecule has 1 heterocycles.